The van der Waals surface area contributed by atoms with Gasteiger partial charge in [-0.3, -0.25) is 0 Å². The summed E-state index contributed by atoms with van der Waals surface area (Å²) >= 11 is 0. The fraction of sp³-hybridized carbons (Fsp3) is 0.357. The van der Waals surface area contributed by atoms with Crippen molar-refractivity contribution in [3.63, 3.8) is 0 Å². The van der Waals surface area contributed by atoms with Crippen molar-refractivity contribution >= 4 is 0 Å². The largest absolute Gasteiger partial charge is 0.491 e. The Morgan fingerprint density at radius 3 is 2.24 bits per heavy atom. The number of hydrogen-bond donors (Lipinski definition) is 1. The predicted molar refractivity (Wildman–Crippen MR) is 125 cm³/mol. The van der Waals surface area contributed by atoms with Gasteiger partial charge in [-0.05, 0) is 73.3 Å². The highest BCUT2D eigenvalue weighted by Gasteiger charge is 2.26. The number of benzene rings is 3. The lowest BCUT2D eigenvalue weighted by molar-refractivity contribution is 0.181. The van der Waals surface area contributed by atoms with Crippen molar-refractivity contribution in [3.8, 4) is 22.6 Å². The van der Waals surface area contributed by atoms with Gasteiger partial charge in [-0.25, -0.2) is 13.2 Å². The number of rotatable bonds is 8. The highest BCUT2D eigenvalue weighted by atomic mass is 19.2. The van der Waals surface area contributed by atoms with Crippen molar-refractivity contribution in [1.82, 2.24) is 0 Å². The molecule has 1 saturated carbocycles. The second-order valence-corrected chi connectivity index (χ2v) is 8.74. The van der Waals surface area contributed by atoms with E-state index in [9.17, 15) is 18.3 Å². The fourth-order valence-electron chi connectivity index (χ4n) is 4.55. The van der Waals surface area contributed by atoms with Crippen LogP contribution >= 0.6 is 0 Å². The zero-order valence-electron chi connectivity index (χ0n) is 19.2. The number of ether oxygens (including phenoxy) is 2. The van der Waals surface area contributed by atoms with Crippen LogP contribution in [0.25, 0.3) is 11.1 Å². The molecule has 0 aromatic heterocycles. The Hall–Kier alpha value is -2.99. The highest BCUT2D eigenvalue weighted by molar-refractivity contribution is 5.65. The molecular formula is C28H29F3O3. The number of aliphatic hydroxyl groups is 1. The maximum Gasteiger partial charge on any atom is 0.168 e. The Morgan fingerprint density at radius 1 is 0.853 bits per heavy atom. The van der Waals surface area contributed by atoms with E-state index in [-0.39, 0.29) is 36.4 Å². The lowest BCUT2D eigenvalue weighted by atomic mass is 9.78. The number of aliphatic hydroxyl groups excluding tert-OH is 1. The third kappa shape index (κ3) is 5.39. The van der Waals surface area contributed by atoms with Crippen LogP contribution in [0, 0.1) is 23.4 Å². The molecule has 3 nitrogen and oxygen atoms in total. The first kappa shape index (κ1) is 24.1. The van der Waals surface area contributed by atoms with Crippen molar-refractivity contribution < 1.29 is 27.8 Å². The van der Waals surface area contributed by atoms with Gasteiger partial charge in [-0.1, -0.05) is 36.4 Å². The molecular weight excluding hydrogens is 441 g/mol. The van der Waals surface area contributed by atoms with Gasteiger partial charge in [0.15, 0.2) is 23.2 Å². The van der Waals surface area contributed by atoms with Crippen molar-refractivity contribution in [2.75, 3.05) is 13.2 Å². The van der Waals surface area contributed by atoms with Gasteiger partial charge in [0.1, 0.15) is 12.4 Å². The summed E-state index contributed by atoms with van der Waals surface area (Å²) in [7, 11) is 0. The Labute approximate surface area is 198 Å². The Balaban J connectivity index is 1.42. The van der Waals surface area contributed by atoms with Crippen molar-refractivity contribution in [1.29, 1.82) is 0 Å². The van der Waals surface area contributed by atoms with Gasteiger partial charge in [-0.2, -0.15) is 0 Å². The second-order valence-electron chi connectivity index (χ2n) is 8.74. The van der Waals surface area contributed by atoms with Crippen LogP contribution in [0.2, 0.25) is 0 Å². The van der Waals surface area contributed by atoms with Gasteiger partial charge in [0, 0.05) is 18.2 Å². The van der Waals surface area contributed by atoms with E-state index in [0.29, 0.717) is 23.5 Å². The molecule has 1 aliphatic rings. The molecule has 0 aliphatic heterocycles. The first-order valence-corrected chi connectivity index (χ1v) is 11.7. The molecule has 0 spiro atoms. The normalized spacial score (nSPS) is 18.0. The van der Waals surface area contributed by atoms with Crippen LogP contribution in [0.15, 0.2) is 54.6 Å². The molecule has 0 unspecified atom stereocenters. The SMILES string of the molecule is CCOc1ccc(OCc2ccc(-c3ccc(C4CCC(CO)CC4)c(F)c3F)cc2)cc1F. The molecule has 4 rings (SSSR count). The fourth-order valence-corrected chi connectivity index (χ4v) is 4.55. The van der Waals surface area contributed by atoms with Crippen LogP contribution in [0.5, 0.6) is 11.5 Å². The predicted octanol–water partition coefficient (Wildman–Crippen LogP) is 7.01. The third-order valence-electron chi connectivity index (χ3n) is 6.53. The van der Waals surface area contributed by atoms with Gasteiger partial charge < -0.3 is 14.6 Å². The van der Waals surface area contributed by atoms with Gasteiger partial charge in [0.05, 0.1) is 6.61 Å². The Morgan fingerprint density at radius 2 is 1.59 bits per heavy atom. The van der Waals surface area contributed by atoms with E-state index in [1.165, 1.54) is 12.1 Å². The summed E-state index contributed by atoms with van der Waals surface area (Å²) < 4.78 is 54.7. The van der Waals surface area contributed by atoms with Crippen molar-refractivity contribution in [2.45, 2.75) is 45.1 Å². The first-order valence-electron chi connectivity index (χ1n) is 11.7. The summed E-state index contributed by atoms with van der Waals surface area (Å²) in [6.07, 6.45) is 3.18. The third-order valence-corrected chi connectivity index (χ3v) is 6.53. The summed E-state index contributed by atoms with van der Waals surface area (Å²) in [5.41, 5.74) is 2.02. The Kier molecular flexibility index (Phi) is 7.78. The van der Waals surface area contributed by atoms with Crippen molar-refractivity contribution in [3.05, 3.63) is 83.2 Å². The molecule has 34 heavy (non-hydrogen) atoms. The molecule has 0 atom stereocenters. The second kappa shape index (κ2) is 11.0. The van der Waals surface area contributed by atoms with E-state index in [2.05, 4.69) is 0 Å². The molecule has 0 saturated heterocycles. The molecule has 1 N–H and O–H groups in total. The van der Waals surface area contributed by atoms with Gasteiger partial charge >= 0.3 is 0 Å². The summed E-state index contributed by atoms with van der Waals surface area (Å²) in [6.45, 7) is 2.52. The lowest BCUT2D eigenvalue weighted by Crippen LogP contribution is -2.17. The van der Waals surface area contributed by atoms with Gasteiger partial charge in [-0.15, -0.1) is 0 Å². The minimum absolute atomic E-state index is 0.0155. The molecule has 0 radical (unpaired) electrons. The van der Waals surface area contributed by atoms with Crippen LogP contribution in [0.3, 0.4) is 0 Å². The van der Waals surface area contributed by atoms with Crippen LogP contribution in [-0.2, 0) is 6.61 Å². The number of hydrogen-bond acceptors (Lipinski definition) is 3. The van der Waals surface area contributed by atoms with Gasteiger partial charge in [0.25, 0.3) is 0 Å². The lowest BCUT2D eigenvalue weighted by Gasteiger charge is -2.28. The van der Waals surface area contributed by atoms with E-state index in [1.54, 1.807) is 49.4 Å². The molecule has 3 aromatic rings. The molecule has 180 valence electrons. The molecule has 1 aliphatic carbocycles. The molecule has 0 amide bonds. The van der Waals surface area contributed by atoms with E-state index in [0.717, 1.165) is 31.2 Å². The minimum atomic E-state index is -0.837. The smallest absolute Gasteiger partial charge is 0.168 e. The summed E-state index contributed by atoms with van der Waals surface area (Å²) in [6, 6.07) is 14.8. The molecule has 0 bridgehead atoms. The molecule has 6 heteroatoms. The summed E-state index contributed by atoms with van der Waals surface area (Å²) in [5, 5.41) is 9.30. The minimum Gasteiger partial charge on any atom is -0.491 e. The van der Waals surface area contributed by atoms with Crippen LogP contribution < -0.4 is 9.47 Å². The first-order chi connectivity index (χ1) is 16.5. The van der Waals surface area contributed by atoms with E-state index in [1.807, 2.05) is 0 Å². The quantitative estimate of drug-likeness (QED) is 0.385. The van der Waals surface area contributed by atoms with E-state index >= 15 is 0 Å². The average Bonchev–Trinajstić information content (AvgIpc) is 2.86. The monoisotopic (exact) mass is 470 g/mol. The zero-order chi connectivity index (χ0) is 24.1. The average molecular weight is 471 g/mol. The topological polar surface area (TPSA) is 38.7 Å². The standard InChI is InChI=1S/C28H29F3O3/c1-2-33-26-14-11-22(15-25(26)29)34-17-19-5-9-21(10-6-19)24-13-12-23(27(30)28(24)31)20-7-3-18(16-32)4-8-20/h5-6,9-15,18,20,32H,2-4,7-8,16-17H2,1H3. The maximum atomic E-state index is 15.0. The van der Waals surface area contributed by atoms with Crippen LogP contribution in [0.4, 0.5) is 13.2 Å². The summed E-state index contributed by atoms with van der Waals surface area (Å²) in [4.78, 5) is 0. The number of halogens is 3. The maximum absolute atomic E-state index is 15.0. The van der Waals surface area contributed by atoms with E-state index in [4.69, 9.17) is 9.47 Å². The molecule has 1 fully saturated rings. The zero-order valence-corrected chi connectivity index (χ0v) is 19.2. The Bertz CT molecular complexity index is 1110. The summed E-state index contributed by atoms with van der Waals surface area (Å²) in [5.74, 6) is -1.31. The van der Waals surface area contributed by atoms with Crippen LogP contribution in [0.1, 0.15) is 49.7 Å². The van der Waals surface area contributed by atoms with E-state index < -0.39 is 17.5 Å². The molecule has 3 aromatic carbocycles. The van der Waals surface area contributed by atoms with Crippen LogP contribution in [-0.4, -0.2) is 18.3 Å². The highest BCUT2D eigenvalue weighted by Crippen LogP contribution is 2.38. The van der Waals surface area contributed by atoms with Gasteiger partial charge in [0.2, 0.25) is 0 Å². The molecule has 0 heterocycles. The van der Waals surface area contributed by atoms with Crippen molar-refractivity contribution in [2.24, 2.45) is 5.92 Å².